The van der Waals surface area contributed by atoms with Gasteiger partial charge in [0, 0.05) is 0 Å². The molecule has 0 spiro atoms. The van der Waals surface area contributed by atoms with Crippen LogP contribution in [-0.4, -0.2) is 23.7 Å². The molecule has 0 aromatic carbocycles. The molecule has 0 bridgehead atoms. The number of hydrogen-bond acceptors (Lipinski definition) is 1. The zero-order valence-electron chi connectivity index (χ0n) is 7.20. The van der Waals surface area contributed by atoms with Crippen LogP contribution in [0.3, 0.4) is 0 Å². The molecule has 1 rings (SSSR count). The molecular formula is C6H10F6NP. The fourth-order valence-electron chi connectivity index (χ4n) is 1.36. The van der Waals surface area contributed by atoms with E-state index in [0.717, 1.165) is 0 Å². The molecule has 0 aliphatic carbocycles. The molecule has 1 aliphatic heterocycles. The third kappa shape index (κ3) is 1.84. The molecule has 14 heavy (non-hydrogen) atoms. The summed E-state index contributed by atoms with van der Waals surface area (Å²) >= 11 is 0. The molecule has 1 aliphatic rings. The van der Waals surface area contributed by atoms with Gasteiger partial charge in [-0.3, -0.25) is 0 Å². The van der Waals surface area contributed by atoms with E-state index in [2.05, 4.69) is 0 Å². The molecule has 1 heterocycles. The average Bonchev–Trinajstić information content (AvgIpc) is 2.03. The molecule has 0 unspecified atom stereocenters. The van der Waals surface area contributed by atoms with Crippen LogP contribution in [0.1, 0.15) is 19.3 Å². The molecule has 0 aromatic heterocycles. The summed E-state index contributed by atoms with van der Waals surface area (Å²) in [6.07, 6.45) is 0.943. The minimum atomic E-state index is -8.15. The summed E-state index contributed by atoms with van der Waals surface area (Å²) in [5, 5.41) is 0. The van der Waals surface area contributed by atoms with E-state index in [1.165, 1.54) is 0 Å². The maximum atomic E-state index is 12.8. The Morgan fingerprint density at radius 2 is 1.29 bits per heavy atom. The fourth-order valence-corrected chi connectivity index (χ4v) is 2.62. The van der Waals surface area contributed by atoms with Crippen molar-refractivity contribution in [2.75, 3.05) is 13.1 Å². The Labute approximate surface area is 77.4 Å². The summed E-state index contributed by atoms with van der Waals surface area (Å²) in [7, 11) is -8.15. The van der Waals surface area contributed by atoms with Gasteiger partial charge in [0.15, 0.2) is 0 Å². The zero-order chi connectivity index (χ0) is 11.1. The standard InChI is InChI=1S/C6H10F6NP/c7-6(8,9)14(10,11,12)13-4-2-1-3-5-13/h1-5H2. The molecule has 0 aromatic rings. The van der Waals surface area contributed by atoms with Crippen LogP contribution in [-0.2, 0) is 0 Å². The number of alkyl halides is 3. The SMILES string of the molecule is FC(F)(F)P(F)(F)(F)N1CCCCC1. The normalized spacial score (nSPS) is 24.3. The van der Waals surface area contributed by atoms with Gasteiger partial charge in [-0.15, -0.1) is 0 Å². The second-order valence-electron chi connectivity index (χ2n) is 3.25. The summed E-state index contributed by atoms with van der Waals surface area (Å²) < 4.78 is 73.7. The maximum absolute atomic E-state index is 12.8. The minimum absolute atomic E-state index is 0.186. The van der Waals surface area contributed by atoms with Gasteiger partial charge in [0.05, 0.1) is 0 Å². The second kappa shape index (κ2) is 3.23. The Morgan fingerprint density at radius 3 is 1.64 bits per heavy atom. The van der Waals surface area contributed by atoms with Crippen molar-refractivity contribution in [1.29, 1.82) is 0 Å². The molecular weight excluding hydrogens is 231 g/mol. The Kier molecular flexibility index (Phi) is 2.78. The van der Waals surface area contributed by atoms with Crippen LogP contribution in [0.25, 0.3) is 0 Å². The predicted molar refractivity (Wildman–Crippen MR) is 41.7 cm³/mol. The van der Waals surface area contributed by atoms with E-state index < -0.39 is 26.7 Å². The molecule has 86 valence electrons. The molecule has 8 heteroatoms. The summed E-state index contributed by atoms with van der Waals surface area (Å²) in [5.41, 5.74) is 0. The van der Waals surface area contributed by atoms with Crippen LogP contribution < -0.4 is 0 Å². The molecule has 0 amide bonds. The Morgan fingerprint density at radius 1 is 0.857 bits per heavy atom. The van der Waals surface area contributed by atoms with Crippen molar-refractivity contribution in [3.63, 3.8) is 0 Å². The number of piperidine rings is 1. The number of halogens is 6. The summed E-state index contributed by atoms with van der Waals surface area (Å²) in [6.45, 7) is -1.03. The van der Waals surface area contributed by atoms with E-state index in [1.54, 1.807) is 0 Å². The van der Waals surface area contributed by atoms with Crippen LogP contribution in [0.4, 0.5) is 25.8 Å². The van der Waals surface area contributed by atoms with Crippen molar-refractivity contribution in [3.05, 3.63) is 0 Å². The summed E-state index contributed by atoms with van der Waals surface area (Å²) in [5.74, 6) is -6.05. The van der Waals surface area contributed by atoms with Crippen molar-refractivity contribution in [2.45, 2.75) is 25.2 Å². The first-order chi connectivity index (χ1) is 6.14. The van der Waals surface area contributed by atoms with E-state index in [9.17, 15) is 25.8 Å². The topological polar surface area (TPSA) is 3.24 Å². The Hall–Kier alpha value is -0.0300. The van der Waals surface area contributed by atoms with E-state index in [0.29, 0.717) is 6.42 Å². The number of hydrogen-bond donors (Lipinski definition) is 0. The van der Waals surface area contributed by atoms with Crippen molar-refractivity contribution in [1.82, 2.24) is 4.67 Å². The van der Waals surface area contributed by atoms with Crippen molar-refractivity contribution in [3.8, 4) is 0 Å². The molecule has 1 nitrogen and oxygen atoms in total. The predicted octanol–water partition coefficient (Wildman–Crippen LogP) is 4.11. The molecule has 0 radical (unpaired) electrons. The molecule has 0 saturated carbocycles. The van der Waals surface area contributed by atoms with Crippen molar-refractivity contribution < 1.29 is 25.8 Å². The number of nitrogens with zero attached hydrogens (tertiary/aromatic N) is 1. The van der Waals surface area contributed by atoms with Crippen LogP contribution in [0.2, 0.25) is 0 Å². The van der Waals surface area contributed by atoms with Gasteiger partial charge in [-0.25, -0.2) is 0 Å². The van der Waals surface area contributed by atoms with Gasteiger partial charge in [-0.05, 0) is 0 Å². The first-order valence-electron chi connectivity index (χ1n) is 4.13. The first kappa shape index (κ1) is 12.0. The fraction of sp³-hybridized carbons (Fsp3) is 1.00. The van der Waals surface area contributed by atoms with Crippen molar-refractivity contribution >= 4 is 7.69 Å². The van der Waals surface area contributed by atoms with Gasteiger partial charge in [-0.1, -0.05) is 0 Å². The van der Waals surface area contributed by atoms with Crippen molar-refractivity contribution in [2.24, 2.45) is 0 Å². The molecule has 1 fully saturated rings. The van der Waals surface area contributed by atoms with Gasteiger partial charge in [0.1, 0.15) is 0 Å². The van der Waals surface area contributed by atoms with E-state index in [4.69, 9.17) is 0 Å². The van der Waals surface area contributed by atoms with Crippen LogP contribution in [0, 0.1) is 0 Å². The Bertz CT molecular complexity index is 213. The zero-order valence-corrected chi connectivity index (χ0v) is 8.09. The Balaban J connectivity index is 2.90. The molecule has 0 N–H and O–H groups in total. The quantitative estimate of drug-likeness (QED) is 0.493. The average molecular weight is 241 g/mol. The second-order valence-corrected chi connectivity index (χ2v) is 5.87. The van der Waals surface area contributed by atoms with Crippen LogP contribution >= 0.6 is 7.69 Å². The van der Waals surface area contributed by atoms with Gasteiger partial charge >= 0.3 is 76.4 Å². The molecule has 0 atom stereocenters. The summed E-state index contributed by atoms with van der Waals surface area (Å²) in [6, 6.07) is 0. The van der Waals surface area contributed by atoms with Gasteiger partial charge in [-0.2, -0.15) is 0 Å². The van der Waals surface area contributed by atoms with Crippen LogP contribution in [0.15, 0.2) is 0 Å². The third-order valence-corrected chi connectivity index (χ3v) is 4.32. The van der Waals surface area contributed by atoms with E-state index >= 15 is 0 Å². The van der Waals surface area contributed by atoms with Crippen LogP contribution in [0.5, 0.6) is 0 Å². The van der Waals surface area contributed by atoms with Gasteiger partial charge in [0.2, 0.25) is 0 Å². The third-order valence-electron chi connectivity index (χ3n) is 2.20. The van der Waals surface area contributed by atoms with E-state index in [-0.39, 0.29) is 17.5 Å². The van der Waals surface area contributed by atoms with E-state index in [1.807, 2.05) is 0 Å². The summed E-state index contributed by atoms with van der Waals surface area (Å²) in [4.78, 5) is 0. The molecule has 1 saturated heterocycles. The monoisotopic (exact) mass is 241 g/mol. The first-order valence-corrected chi connectivity index (χ1v) is 5.99. The van der Waals surface area contributed by atoms with Gasteiger partial charge < -0.3 is 0 Å². The van der Waals surface area contributed by atoms with Gasteiger partial charge in [0.25, 0.3) is 0 Å². The number of rotatable bonds is 1.